The van der Waals surface area contributed by atoms with Gasteiger partial charge >= 0.3 is 24.1 Å². The van der Waals surface area contributed by atoms with Crippen molar-refractivity contribution >= 4 is 69.1 Å². The molecule has 5 saturated heterocycles. The van der Waals surface area contributed by atoms with Gasteiger partial charge in [-0.3, -0.25) is 48.4 Å². The molecule has 0 aromatic heterocycles. The molecule has 31 heteroatoms. The molecular weight excluding hydrogens is 1830 g/mol. The molecule has 0 atom stereocenters. The fourth-order valence-corrected chi connectivity index (χ4v) is 26.4. The molecule has 0 bridgehead atoms. The van der Waals surface area contributed by atoms with Crippen LogP contribution in [-0.4, -0.2) is 359 Å². The molecule has 0 radical (unpaired) electrons. The van der Waals surface area contributed by atoms with Crippen molar-refractivity contribution in [2.45, 2.75) is 275 Å². The number of ketones is 4. The highest BCUT2D eigenvalue weighted by Crippen LogP contribution is 2.56. The average molecular weight is 2000 g/mol. The van der Waals surface area contributed by atoms with Crippen molar-refractivity contribution in [3.05, 3.63) is 144 Å². The number of aliphatic hydroxyl groups is 1. The third kappa shape index (κ3) is 25.8. The molecule has 143 heavy (non-hydrogen) atoms. The first-order valence-electron chi connectivity index (χ1n) is 54.0. The maximum absolute atomic E-state index is 13.7. The smallest absolute Gasteiger partial charge is 0.321 e. The van der Waals surface area contributed by atoms with Crippen LogP contribution in [0.15, 0.2) is 121 Å². The molecule has 788 valence electrons. The number of amides is 10. The van der Waals surface area contributed by atoms with E-state index >= 15 is 0 Å². The van der Waals surface area contributed by atoms with E-state index in [1.54, 1.807) is 26.6 Å². The lowest BCUT2D eigenvalue weighted by molar-refractivity contribution is -0.136. The Morgan fingerprint density at radius 3 is 0.909 bits per heavy atom. The van der Waals surface area contributed by atoms with Crippen LogP contribution in [0.5, 0.6) is 0 Å². The van der Waals surface area contributed by atoms with E-state index in [0.717, 1.165) is 135 Å². The number of nitrogens with one attached hydrogen (secondary N) is 2. The predicted octanol–water partition coefficient (Wildman–Crippen LogP) is 13.7. The standard InChI is InChI=1S/C30H44N4O4.C28H43N3O4.C27H42N4O4S.C27H40N4O3/c1-31(2)30(25-9-4-3-5-10-25)15-13-29(14-16-30)23-33(28(37)34(29)21-24-7-6-8-24)22-26(35)11-12-27(36)32-17-19-38-20-18-32;1-29(2)28(24-10-4-3-5-11-24)15-13-27(14-16-28)22-30(21-25(33)12-7-18-35-19-17-32)26(34)31(27)20-23-8-6-9-23;1-29(2)27(23-11-5-4-6-12-23)16-14-26(15-17-27)21-30(25(33)31(26)19-22-9-7-10-22)20-24(32)13-8-18-28-36(3,34)35;1-28-24(33)13-12-23(32)19-30-20-26(31(25(30)34)18-21-8-7-9-21)14-16-27(17-15-26,29(2)3)22-10-5-4-6-11-22/h3-5,9-10,24H,6-8,11-23H2,1-2H3;3-5,10-11,23,32H,6-9,12-22H2,1-2H3;4-6,11-12,22,28H,7-10,13-21H2,1-3H3;4-6,10-11,21H,7-9,12-20H2,1-3H3,(H,28,33). The maximum Gasteiger partial charge on any atom is 0.321 e. The molecule has 5 aliphatic heterocycles. The summed E-state index contributed by atoms with van der Waals surface area (Å²) in [6.07, 6.45) is 33.5. The summed E-state index contributed by atoms with van der Waals surface area (Å²) >= 11 is 0. The van der Waals surface area contributed by atoms with Crippen molar-refractivity contribution in [3.63, 3.8) is 0 Å². The zero-order valence-corrected chi connectivity index (χ0v) is 88.7. The number of carbonyl (C=O) groups is 10. The van der Waals surface area contributed by atoms with E-state index in [1.165, 1.54) is 99.3 Å². The highest BCUT2D eigenvalue weighted by molar-refractivity contribution is 7.88. The number of aliphatic hydroxyl groups excluding tert-OH is 1. The maximum atomic E-state index is 13.7. The minimum atomic E-state index is -3.26. The van der Waals surface area contributed by atoms with Crippen molar-refractivity contribution in [1.29, 1.82) is 0 Å². The number of rotatable bonds is 41. The molecule has 8 aliphatic carbocycles. The lowest BCUT2D eigenvalue weighted by Crippen LogP contribution is -2.56. The fraction of sp³-hybridized carbons (Fsp3) is 0.696. The average Bonchev–Trinajstić information content (AvgIpc) is 1.60. The third-order valence-corrected chi connectivity index (χ3v) is 36.7. The Morgan fingerprint density at radius 2 is 0.657 bits per heavy atom. The second-order valence-corrected chi connectivity index (χ2v) is 47.1. The number of hydrogen-bond donors (Lipinski definition) is 3. The third-order valence-electron chi connectivity index (χ3n) is 35.9. The van der Waals surface area contributed by atoms with Crippen LogP contribution in [0.2, 0.25) is 0 Å². The molecule has 13 aliphatic rings. The van der Waals surface area contributed by atoms with Crippen molar-refractivity contribution in [3.8, 4) is 0 Å². The Bertz CT molecular complexity index is 5000. The highest BCUT2D eigenvalue weighted by atomic mass is 32.2. The lowest BCUT2D eigenvalue weighted by Gasteiger charge is -2.51. The van der Waals surface area contributed by atoms with E-state index in [2.05, 4.69) is 227 Å². The number of hydrogen-bond acceptors (Lipinski definition) is 19. The van der Waals surface area contributed by atoms with Gasteiger partial charge in [0.15, 0.2) is 23.1 Å². The van der Waals surface area contributed by atoms with Crippen molar-refractivity contribution < 1.29 is 70.9 Å². The highest BCUT2D eigenvalue weighted by Gasteiger charge is 2.61. The van der Waals surface area contributed by atoms with Crippen LogP contribution in [0.1, 0.15) is 253 Å². The van der Waals surface area contributed by atoms with Crippen LogP contribution in [0.4, 0.5) is 19.2 Å². The molecule has 4 spiro atoms. The summed E-state index contributed by atoms with van der Waals surface area (Å²) in [7, 11) is 15.6. The van der Waals surface area contributed by atoms with Crippen LogP contribution < -0.4 is 10.0 Å². The topological polar surface area (TPSA) is 310 Å². The molecule has 13 fully saturated rings. The first-order valence-corrected chi connectivity index (χ1v) is 55.9. The Morgan fingerprint density at radius 1 is 0.385 bits per heavy atom. The van der Waals surface area contributed by atoms with E-state index in [9.17, 15) is 56.4 Å². The van der Waals surface area contributed by atoms with Gasteiger partial charge in [-0.15, -0.1) is 0 Å². The normalized spacial score (nSPS) is 27.5. The molecule has 30 nitrogen and oxygen atoms in total. The summed E-state index contributed by atoms with van der Waals surface area (Å²) in [5, 5.41) is 11.4. The van der Waals surface area contributed by atoms with Gasteiger partial charge in [-0.1, -0.05) is 147 Å². The second kappa shape index (κ2) is 48.9. The van der Waals surface area contributed by atoms with Crippen LogP contribution >= 0.6 is 0 Å². The predicted molar refractivity (Wildman–Crippen MR) is 555 cm³/mol. The number of Topliss-reactive ketones (excluding diaryl/α,β-unsaturated/α-hetero) is 4. The first kappa shape index (κ1) is 110. The van der Waals surface area contributed by atoms with Crippen molar-refractivity contribution in [2.24, 2.45) is 23.7 Å². The monoisotopic (exact) mass is 2000 g/mol. The van der Waals surface area contributed by atoms with Crippen LogP contribution in [0, 0.1) is 23.7 Å². The Balaban J connectivity index is 0.000000151. The Hall–Kier alpha value is -8.79. The van der Waals surface area contributed by atoms with E-state index < -0.39 is 10.0 Å². The molecule has 8 saturated carbocycles. The summed E-state index contributed by atoms with van der Waals surface area (Å²) in [5.41, 5.74) is 4.40. The SMILES string of the molecule is CN(C)C1(c2ccccc2)CCC2(CC1)CN(CC(=O)CCC(=O)N1CCOCC1)C(=O)N2CC1CCC1.CN(C)C1(c2ccccc2)CCC2(CC1)CN(CC(=O)CCCNS(C)(=O)=O)C(=O)N2CC1CCC1.CN(C)C1(c2ccccc2)CCC2(CC1)CN(CC(=O)CCCOCCO)C(=O)N2CC1CCC1.CNC(=O)CCC(=O)CN1CC2(CCC(c3ccccc3)(N(C)C)CC2)N(CC2CCC2)C1=O. The molecule has 10 amide bonds. The van der Waals surface area contributed by atoms with Gasteiger partial charge in [0, 0.05) is 146 Å². The second-order valence-electron chi connectivity index (χ2n) is 45.3. The molecule has 4 aromatic rings. The summed E-state index contributed by atoms with van der Waals surface area (Å²) in [6, 6.07) is 43.0. The minimum absolute atomic E-state index is 0.00146. The van der Waals surface area contributed by atoms with Gasteiger partial charge in [-0.2, -0.15) is 0 Å². The largest absolute Gasteiger partial charge is 0.394 e. The number of nitrogens with zero attached hydrogens (tertiary/aromatic N) is 13. The summed E-state index contributed by atoms with van der Waals surface area (Å²) in [4.78, 5) is 156. The summed E-state index contributed by atoms with van der Waals surface area (Å²) in [5.74, 6) is 2.21. The van der Waals surface area contributed by atoms with E-state index in [1.807, 2.05) is 4.90 Å². The van der Waals surface area contributed by atoms with Gasteiger partial charge in [0.05, 0.1) is 81.0 Å². The Kier molecular flexibility index (Phi) is 37.6. The minimum Gasteiger partial charge on any atom is -0.394 e. The molecule has 5 heterocycles. The van der Waals surface area contributed by atoms with Gasteiger partial charge in [0.1, 0.15) is 0 Å². The molecule has 3 N–H and O–H groups in total. The van der Waals surface area contributed by atoms with E-state index in [-0.39, 0.29) is 175 Å². The number of ether oxygens (including phenoxy) is 2. The van der Waals surface area contributed by atoms with Gasteiger partial charge in [-0.05, 0) is 269 Å². The quantitative estimate of drug-likeness (QED) is 0.0348. The number of carbonyl (C=O) groups excluding carboxylic acids is 10. The van der Waals surface area contributed by atoms with Crippen LogP contribution in [-0.2, 0) is 70.4 Å². The summed E-state index contributed by atoms with van der Waals surface area (Å²) in [6.45, 7) is 9.53. The Labute approximate surface area is 852 Å². The van der Waals surface area contributed by atoms with Gasteiger partial charge in [-0.25, -0.2) is 32.3 Å². The van der Waals surface area contributed by atoms with Gasteiger partial charge < -0.3 is 64.0 Å². The summed E-state index contributed by atoms with van der Waals surface area (Å²) < 4.78 is 35.5. The van der Waals surface area contributed by atoms with Gasteiger partial charge in [0.2, 0.25) is 21.8 Å². The fourth-order valence-electron chi connectivity index (χ4n) is 25.9. The number of benzene rings is 4. The first-order chi connectivity index (χ1) is 68.6. The zero-order chi connectivity index (χ0) is 102. The molecule has 17 rings (SSSR count). The molecule has 0 unspecified atom stereocenters. The molecule has 4 aromatic carbocycles. The number of morpholine rings is 1. The van der Waals surface area contributed by atoms with Crippen molar-refractivity contribution in [2.75, 3.05) is 201 Å². The number of sulfonamides is 1. The van der Waals surface area contributed by atoms with Crippen LogP contribution in [0.3, 0.4) is 0 Å². The van der Waals surface area contributed by atoms with Crippen LogP contribution in [0.25, 0.3) is 0 Å². The number of urea groups is 4. The van der Waals surface area contributed by atoms with E-state index in [0.29, 0.717) is 109 Å². The van der Waals surface area contributed by atoms with E-state index in [4.69, 9.17) is 14.6 Å². The van der Waals surface area contributed by atoms with Gasteiger partial charge in [0.25, 0.3) is 0 Å². The molecular formula is C112H169N15O15S. The van der Waals surface area contributed by atoms with Crippen molar-refractivity contribution in [1.82, 2.24) is 73.7 Å². The lowest BCUT2D eigenvalue weighted by atomic mass is 9.68. The zero-order valence-electron chi connectivity index (χ0n) is 87.8.